The third-order valence-corrected chi connectivity index (χ3v) is 2.40. The van der Waals surface area contributed by atoms with Gasteiger partial charge in [-0.2, -0.15) is 8.42 Å². The third kappa shape index (κ3) is 5.51. The lowest BCUT2D eigenvalue weighted by molar-refractivity contribution is 0.226. The summed E-state index contributed by atoms with van der Waals surface area (Å²) in [5, 5.41) is 6.89. The average molecular weight is 224 g/mol. The first-order valence-electron chi connectivity index (χ1n) is 4.56. The first-order valence-corrected chi connectivity index (χ1v) is 5.96. The number of hydrogen-bond donors (Lipinski definition) is 4. The van der Waals surface area contributed by atoms with Crippen LogP contribution in [0, 0.1) is 11.8 Å². The maximum Gasteiger partial charge on any atom is 0.394 e. The SMILES string of the molecule is C1NCC2CNCC1C2.O=S(=O)(O)O. The minimum absolute atomic E-state index is 0.928. The summed E-state index contributed by atoms with van der Waals surface area (Å²) in [5.74, 6) is 1.86. The second-order valence-electron chi connectivity index (χ2n) is 3.73. The molecule has 0 aliphatic carbocycles. The number of fused-ring (bicyclic) bond motifs is 2. The molecular formula is C7H16N2O4S. The maximum atomic E-state index is 8.74. The highest BCUT2D eigenvalue weighted by atomic mass is 32.3. The third-order valence-electron chi connectivity index (χ3n) is 2.40. The van der Waals surface area contributed by atoms with Crippen molar-refractivity contribution in [3.8, 4) is 0 Å². The molecule has 0 spiro atoms. The second kappa shape index (κ2) is 5.04. The van der Waals surface area contributed by atoms with Crippen molar-refractivity contribution < 1.29 is 17.5 Å². The van der Waals surface area contributed by atoms with Crippen molar-refractivity contribution in [1.82, 2.24) is 10.6 Å². The van der Waals surface area contributed by atoms with Gasteiger partial charge in [-0.25, -0.2) is 0 Å². The van der Waals surface area contributed by atoms with E-state index in [2.05, 4.69) is 10.6 Å². The predicted octanol–water partition coefficient (Wildman–Crippen LogP) is -0.837. The smallest absolute Gasteiger partial charge is 0.316 e. The zero-order valence-corrected chi connectivity index (χ0v) is 8.63. The van der Waals surface area contributed by atoms with Crippen LogP contribution in [0.1, 0.15) is 6.42 Å². The minimum atomic E-state index is -4.67. The molecule has 0 atom stereocenters. The Balaban J connectivity index is 0.000000171. The molecule has 84 valence electrons. The highest BCUT2D eigenvalue weighted by molar-refractivity contribution is 7.79. The fraction of sp³-hybridized carbons (Fsp3) is 1.00. The van der Waals surface area contributed by atoms with Crippen LogP contribution in [0.2, 0.25) is 0 Å². The quantitative estimate of drug-likeness (QED) is 0.401. The highest BCUT2D eigenvalue weighted by Gasteiger charge is 2.24. The molecule has 4 N–H and O–H groups in total. The summed E-state index contributed by atoms with van der Waals surface area (Å²) in [6.45, 7) is 4.96. The molecule has 2 heterocycles. The zero-order chi connectivity index (χ0) is 10.6. The molecule has 7 heteroatoms. The Morgan fingerprint density at radius 2 is 1.21 bits per heavy atom. The van der Waals surface area contributed by atoms with Crippen LogP contribution in [0.15, 0.2) is 0 Å². The Kier molecular flexibility index (Phi) is 4.27. The molecule has 2 fully saturated rings. The van der Waals surface area contributed by atoms with Gasteiger partial charge in [-0.05, 0) is 44.4 Å². The fourth-order valence-electron chi connectivity index (χ4n) is 1.93. The molecule has 2 aliphatic heterocycles. The Morgan fingerprint density at radius 3 is 1.43 bits per heavy atom. The van der Waals surface area contributed by atoms with E-state index >= 15 is 0 Å². The second-order valence-corrected chi connectivity index (χ2v) is 4.63. The van der Waals surface area contributed by atoms with E-state index in [1.165, 1.54) is 32.6 Å². The van der Waals surface area contributed by atoms with Crippen LogP contribution >= 0.6 is 0 Å². The standard InChI is InChI=1S/C7H14N2.H2O4S/c1-6-2-8-4-7(1)5-9-3-6;1-5(2,3)4/h6-9H,1-5H2;(H2,1,2,3,4). The van der Waals surface area contributed by atoms with Crippen LogP contribution in [0.4, 0.5) is 0 Å². The Labute approximate surface area is 83.7 Å². The zero-order valence-electron chi connectivity index (χ0n) is 7.81. The summed E-state index contributed by atoms with van der Waals surface area (Å²) < 4.78 is 31.6. The maximum absolute atomic E-state index is 8.74. The molecule has 0 aromatic carbocycles. The molecule has 2 bridgehead atoms. The predicted molar refractivity (Wildman–Crippen MR) is 51.5 cm³/mol. The van der Waals surface area contributed by atoms with Crippen molar-refractivity contribution in [1.29, 1.82) is 0 Å². The van der Waals surface area contributed by atoms with Crippen LogP contribution < -0.4 is 10.6 Å². The molecule has 2 aliphatic rings. The molecule has 0 amide bonds. The topological polar surface area (TPSA) is 98.7 Å². The summed E-state index contributed by atoms with van der Waals surface area (Å²) in [4.78, 5) is 0. The van der Waals surface area contributed by atoms with Gasteiger partial charge in [0.2, 0.25) is 0 Å². The summed E-state index contributed by atoms with van der Waals surface area (Å²) in [6, 6.07) is 0. The summed E-state index contributed by atoms with van der Waals surface area (Å²) >= 11 is 0. The Hall–Kier alpha value is -0.210. The molecule has 0 unspecified atom stereocenters. The van der Waals surface area contributed by atoms with E-state index < -0.39 is 10.4 Å². The van der Waals surface area contributed by atoms with Gasteiger partial charge in [0.1, 0.15) is 0 Å². The van der Waals surface area contributed by atoms with Crippen molar-refractivity contribution in [3.05, 3.63) is 0 Å². The fourth-order valence-corrected chi connectivity index (χ4v) is 1.93. The molecule has 14 heavy (non-hydrogen) atoms. The highest BCUT2D eigenvalue weighted by Crippen LogP contribution is 2.18. The van der Waals surface area contributed by atoms with E-state index in [4.69, 9.17) is 17.5 Å². The van der Waals surface area contributed by atoms with E-state index in [-0.39, 0.29) is 0 Å². The van der Waals surface area contributed by atoms with Gasteiger partial charge in [-0.3, -0.25) is 9.11 Å². The van der Waals surface area contributed by atoms with E-state index in [0.717, 1.165) is 11.8 Å². The lowest BCUT2D eigenvalue weighted by Gasteiger charge is -2.35. The molecule has 0 aromatic rings. The van der Waals surface area contributed by atoms with Crippen LogP contribution in [-0.2, 0) is 10.4 Å². The molecule has 2 rings (SSSR count). The lowest BCUT2D eigenvalue weighted by Crippen LogP contribution is -2.49. The van der Waals surface area contributed by atoms with Crippen molar-refractivity contribution in [2.45, 2.75) is 6.42 Å². The number of hydrogen-bond acceptors (Lipinski definition) is 4. The monoisotopic (exact) mass is 224 g/mol. The Morgan fingerprint density at radius 1 is 0.929 bits per heavy atom. The Bertz CT molecular complexity index is 239. The van der Waals surface area contributed by atoms with E-state index in [0.29, 0.717) is 0 Å². The van der Waals surface area contributed by atoms with Gasteiger partial charge in [-0.1, -0.05) is 0 Å². The summed E-state index contributed by atoms with van der Waals surface area (Å²) in [7, 11) is -4.67. The first kappa shape index (κ1) is 11.9. The normalized spacial score (nSPS) is 31.6. The van der Waals surface area contributed by atoms with Crippen LogP contribution in [-0.4, -0.2) is 43.7 Å². The van der Waals surface area contributed by atoms with Crippen molar-refractivity contribution in [2.75, 3.05) is 26.2 Å². The van der Waals surface area contributed by atoms with Gasteiger partial charge in [0.15, 0.2) is 0 Å². The molecular weight excluding hydrogens is 208 g/mol. The van der Waals surface area contributed by atoms with Crippen molar-refractivity contribution >= 4 is 10.4 Å². The van der Waals surface area contributed by atoms with Gasteiger partial charge in [0.05, 0.1) is 0 Å². The molecule has 0 aromatic heterocycles. The molecule has 0 saturated carbocycles. The molecule has 6 nitrogen and oxygen atoms in total. The van der Waals surface area contributed by atoms with Gasteiger partial charge in [-0.15, -0.1) is 0 Å². The molecule has 0 radical (unpaired) electrons. The number of rotatable bonds is 0. The van der Waals surface area contributed by atoms with Crippen LogP contribution in [0.5, 0.6) is 0 Å². The lowest BCUT2D eigenvalue weighted by atomic mass is 9.87. The van der Waals surface area contributed by atoms with Crippen molar-refractivity contribution in [2.24, 2.45) is 11.8 Å². The van der Waals surface area contributed by atoms with Gasteiger partial charge < -0.3 is 10.6 Å². The first-order chi connectivity index (χ1) is 6.45. The van der Waals surface area contributed by atoms with Gasteiger partial charge in [0.25, 0.3) is 0 Å². The summed E-state index contributed by atoms with van der Waals surface area (Å²) in [6.07, 6.45) is 1.46. The van der Waals surface area contributed by atoms with Gasteiger partial charge in [0, 0.05) is 0 Å². The van der Waals surface area contributed by atoms with Gasteiger partial charge >= 0.3 is 10.4 Å². The van der Waals surface area contributed by atoms with E-state index in [1.54, 1.807) is 0 Å². The van der Waals surface area contributed by atoms with Crippen LogP contribution in [0.25, 0.3) is 0 Å². The van der Waals surface area contributed by atoms with Crippen LogP contribution in [0.3, 0.4) is 0 Å². The number of piperidine rings is 2. The number of nitrogens with one attached hydrogen (secondary N) is 2. The summed E-state index contributed by atoms with van der Waals surface area (Å²) in [5.41, 5.74) is 0. The molecule has 2 saturated heterocycles. The average Bonchev–Trinajstić information content (AvgIpc) is 2.01. The minimum Gasteiger partial charge on any atom is -0.316 e. The van der Waals surface area contributed by atoms with E-state index in [1.807, 2.05) is 0 Å². The largest absolute Gasteiger partial charge is 0.394 e. The van der Waals surface area contributed by atoms with E-state index in [9.17, 15) is 0 Å². The van der Waals surface area contributed by atoms with Crippen molar-refractivity contribution in [3.63, 3.8) is 0 Å².